The van der Waals surface area contributed by atoms with Crippen LogP contribution in [0.4, 0.5) is 0 Å². The van der Waals surface area contributed by atoms with E-state index in [1.165, 1.54) is 11.7 Å². The molecule has 88 valence electrons. The number of carboxylic acid groups (broad SMARTS) is 1. The van der Waals surface area contributed by atoms with Crippen molar-refractivity contribution in [3.63, 3.8) is 0 Å². The van der Waals surface area contributed by atoms with Crippen LogP contribution in [0.5, 0.6) is 0 Å². The van der Waals surface area contributed by atoms with E-state index in [1.54, 1.807) is 0 Å². The highest BCUT2D eigenvalue weighted by Gasteiger charge is 2.14. The Morgan fingerprint density at radius 2 is 2.35 bits per heavy atom. The number of rotatable bonds is 4. The molecule has 0 bridgehead atoms. The lowest BCUT2D eigenvalue weighted by molar-refractivity contribution is 0.0691. The minimum absolute atomic E-state index is 0.0990. The van der Waals surface area contributed by atoms with Gasteiger partial charge in [0.05, 0.1) is 6.54 Å². The molecule has 2 rings (SSSR count). The second-order valence-corrected chi connectivity index (χ2v) is 3.82. The summed E-state index contributed by atoms with van der Waals surface area (Å²) < 4.78 is 0. The summed E-state index contributed by atoms with van der Waals surface area (Å²) in [4.78, 5) is 29.6. The number of thiazole rings is 1. The number of aromatic carboxylic acids is 1. The topological polar surface area (TPSA) is 121 Å². The number of carbonyl (C=O) groups is 2. The van der Waals surface area contributed by atoms with E-state index in [1.807, 2.05) is 0 Å². The van der Waals surface area contributed by atoms with E-state index >= 15 is 0 Å². The zero-order chi connectivity index (χ0) is 12.3. The highest BCUT2D eigenvalue weighted by molar-refractivity contribution is 7.11. The standard InChI is InChI=1S/C8H7N5O3S/c14-6(9-1-5-10-3-11-13-5)7-12-4(2-17-7)8(15)16/h2-3H,1H2,(H,9,14)(H,15,16)(H,10,11,13). The minimum Gasteiger partial charge on any atom is -0.476 e. The Morgan fingerprint density at radius 3 is 2.94 bits per heavy atom. The molecule has 0 aliphatic heterocycles. The first-order valence-corrected chi connectivity index (χ1v) is 5.36. The lowest BCUT2D eigenvalue weighted by Gasteiger charge is -1.98. The van der Waals surface area contributed by atoms with E-state index in [0.717, 1.165) is 11.3 Å². The fourth-order valence-corrected chi connectivity index (χ4v) is 1.74. The Hall–Kier alpha value is -2.29. The summed E-state index contributed by atoms with van der Waals surface area (Å²) in [6.07, 6.45) is 1.33. The molecule has 0 saturated heterocycles. The number of aromatic nitrogens is 4. The number of amides is 1. The number of carboxylic acids is 1. The van der Waals surface area contributed by atoms with Gasteiger partial charge < -0.3 is 10.4 Å². The van der Waals surface area contributed by atoms with Gasteiger partial charge in [-0.15, -0.1) is 11.3 Å². The van der Waals surface area contributed by atoms with Gasteiger partial charge in [-0.25, -0.2) is 14.8 Å². The number of carbonyl (C=O) groups excluding carboxylic acids is 1. The highest BCUT2D eigenvalue weighted by atomic mass is 32.1. The minimum atomic E-state index is -1.16. The summed E-state index contributed by atoms with van der Waals surface area (Å²) in [6.45, 7) is 0.181. The van der Waals surface area contributed by atoms with E-state index in [4.69, 9.17) is 5.11 Å². The van der Waals surface area contributed by atoms with Gasteiger partial charge in [-0.1, -0.05) is 0 Å². The number of hydrogen-bond acceptors (Lipinski definition) is 6. The third-order valence-corrected chi connectivity index (χ3v) is 2.64. The summed E-state index contributed by atoms with van der Waals surface area (Å²) in [5.41, 5.74) is -0.139. The van der Waals surface area contributed by atoms with Crippen molar-refractivity contribution < 1.29 is 14.7 Å². The second-order valence-electron chi connectivity index (χ2n) is 2.96. The SMILES string of the molecule is O=C(O)c1csc(C(=O)NCc2ncn[nH]2)n1. The lowest BCUT2D eigenvalue weighted by atomic mass is 10.5. The van der Waals surface area contributed by atoms with Crippen LogP contribution in [0.3, 0.4) is 0 Å². The Bertz CT molecular complexity index is 535. The molecule has 17 heavy (non-hydrogen) atoms. The van der Waals surface area contributed by atoms with Crippen molar-refractivity contribution in [1.82, 2.24) is 25.5 Å². The number of nitrogens with one attached hydrogen (secondary N) is 2. The normalized spacial score (nSPS) is 10.1. The molecule has 0 fully saturated rings. The highest BCUT2D eigenvalue weighted by Crippen LogP contribution is 2.09. The number of nitrogens with zero attached hydrogens (tertiary/aromatic N) is 3. The third-order valence-electron chi connectivity index (χ3n) is 1.80. The van der Waals surface area contributed by atoms with Crippen molar-refractivity contribution >= 4 is 23.2 Å². The quantitative estimate of drug-likeness (QED) is 0.699. The summed E-state index contributed by atoms with van der Waals surface area (Å²) in [5, 5.41) is 18.8. The van der Waals surface area contributed by atoms with Gasteiger partial charge in [0.25, 0.3) is 5.91 Å². The van der Waals surface area contributed by atoms with Crippen LogP contribution in [0.1, 0.15) is 26.1 Å². The molecule has 0 saturated carbocycles. The van der Waals surface area contributed by atoms with Gasteiger partial charge in [0.1, 0.15) is 12.2 Å². The van der Waals surface area contributed by atoms with Gasteiger partial charge >= 0.3 is 5.97 Å². The average Bonchev–Trinajstić information content (AvgIpc) is 2.96. The summed E-state index contributed by atoms with van der Waals surface area (Å²) >= 11 is 0.973. The van der Waals surface area contributed by atoms with E-state index in [-0.39, 0.29) is 17.2 Å². The van der Waals surface area contributed by atoms with Crippen LogP contribution in [0.2, 0.25) is 0 Å². The van der Waals surface area contributed by atoms with Crippen LogP contribution in [-0.4, -0.2) is 37.1 Å². The van der Waals surface area contributed by atoms with E-state index in [0.29, 0.717) is 5.82 Å². The number of hydrogen-bond donors (Lipinski definition) is 3. The lowest BCUT2D eigenvalue weighted by Crippen LogP contribution is -2.23. The molecule has 0 atom stereocenters. The average molecular weight is 253 g/mol. The molecule has 0 aromatic carbocycles. The van der Waals surface area contributed by atoms with Crippen molar-refractivity contribution in [3.05, 3.63) is 28.2 Å². The first kappa shape index (κ1) is 11.2. The van der Waals surface area contributed by atoms with Gasteiger partial charge in [-0.2, -0.15) is 5.10 Å². The molecular formula is C8H7N5O3S. The third kappa shape index (κ3) is 2.64. The van der Waals surface area contributed by atoms with Gasteiger partial charge in [0, 0.05) is 5.38 Å². The second kappa shape index (κ2) is 4.70. The first-order valence-electron chi connectivity index (χ1n) is 4.48. The smallest absolute Gasteiger partial charge is 0.355 e. The Morgan fingerprint density at radius 1 is 1.53 bits per heavy atom. The fourth-order valence-electron chi connectivity index (χ4n) is 1.03. The van der Waals surface area contributed by atoms with Crippen LogP contribution in [-0.2, 0) is 6.54 Å². The fraction of sp³-hybridized carbons (Fsp3) is 0.125. The number of aromatic amines is 1. The molecule has 3 N–H and O–H groups in total. The van der Waals surface area contributed by atoms with E-state index in [2.05, 4.69) is 25.5 Å². The van der Waals surface area contributed by atoms with Crippen LogP contribution >= 0.6 is 11.3 Å². The molecule has 0 unspecified atom stereocenters. The van der Waals surface area contributed by atoms with E-state index < -0.39 is 11.9 Å². The van der Waals surface area contributed by atoms with Gasteiger partial charge in [0.2, 0.25) is 0 Å². The zero-order valence-corrected chi connectivity index (χ0v) is 9.19. The molecule has 8 nitrogen and oxygen atoms in total. The molecule has 1 amide bonds. The molecule has 0 spiro atoms. The zero-order valence-electron chi connectivity index (χ0n) is 8.38. The molecule has 2 aromatic rings. The molecule has 2 heterocycles. The Balaban J connectivity index is 1.97. The Kier molecular flexibility index (Phi) is 3.10. The van der Waals surface area contributed by atoms with Crippen LogP contribution in [0.25, 0.3) is 0 Å². The maximum absolute atomic E-state index is 11.6. The maximum atomic E-state index is 11.6. The summed E-state index contributed by atoms with van der Waals surface area (Å²) in [5.74, 6) is -1.09. The molecule has 9 heteroatoms. The van der Waals surface area contributed by atoms with Gasteiger partial charge in [-0.05, 0) is 0 Å². The van der Waals surface area contributed by atoms with Crippen LogP contribution in [0, 0.1) is 0 Å². The predicted octanol–water partition coefficient (Wildman–Crippen LogP) is -0.111. The van der Waals surface area contributed by atoms with E-state index in [9.17, 15) is 9.59 Å². The molecule has 2 aromatic heterocycles. The van der Waals surface area contributed by atoms with Crippen molar-refractivity contribution in [2.45, 2.75) is 6.54 Å². The Labute approximate surface area is 98.7 Å². The predicted molar refractivity (Wildman–Crippen MR) is 56.6 cm³/mol. The van der Waals surface area contributed by atoms with Crippen molar-refractivity contribution in [2.75, 3.05) is 0 Å². The van der Waals surface area contributed by atoms with Gasteiger partial charge in [0.15, 0.2) is 10.7 Å². The largest absolute Gasteiger partial charge is 0.476 e. The first-order chi connectivity index (χ1) is 8.16. The van der Waals surface area contributed by atoms with Crippen LogP contribution < -0.4 is 5.32 Å². The van der Waals surface area contributed by atoms with Crippen LogP contribution in [0.15, 0.2) is 11.7 Å². The van der Waals surface area contributed by atoms with Crippen molar-refractivity contribution in [1.29, 1.82) is 0 Å². The molecule has 0 aliphatic rings. The van der Waals surface area contributed by atoms with Gasteiger partial charge in [-0.3, -0.25) is 9.89 Å². The van der Waals surface area contributed by atoms with Crippen molar-refractivity contribution in [2.24, 2.45) is 0 Å². The maximum Gasteiger partial charge on any atom is 0.355 e. The molecule has 0 aliphatic carbocycles. The molecular weight excluding hydrogens is 246 g/mol. The molecule has 0 radical (unpaired) electrons. The summed E-state index contributed by atoms with van der Waals surface area (Å²) in [7, 11) is 0. The summed E-state index contributed by atoms with van der Waals surface area (Å²) in [6, 6.07) is 0. The monoisotopic (exact) mass is 253 g/mol. The number of H-pyrrole nitrogens is 1. The van der Waals surface area contributed by atoms with Crippen molar-refractivity contribution in [3.8, 4) is 0 Å².